The predicted molar refractivity (Wildman–Crippen MR) is 103 cm³/mol. The fourth-order valence-corrected chi connectivity index (χ4v) is 3.72. The molecule has 134 valence electrons. The zero-order valence-corrected chi connectivity index (χ0v) is 16.9. The Bertz CT molecular complexity index is 165. The van der Waals surface area contributed by atoms with Gasteiger partial charge in [-0.05, 0) is 6.04 Å². The summed E-state index contributed by atoms with van der Waals surface area (Å²) in [6.07, 6.45) is 25.4. The molecule has 0 radical (unpaired) electrons. The van der Waals surface area contributed by atoms with Crippen molar-refractivity contribution in [1.82, 2.24) is 0 Å². The van der Waals surface area contributed by atoms with Crippen LogP contribution in [0.3, 0.4) is 0 Å². The van der Waals surface area contributed by atoms with E-state index in [4.69, 9.17) is 0 Å². The van der Waals surface area contributed by atoms with Gasteiger partial charge in [-0.1, -0.05) is 122 Å². The lowest BCUT2D eigenvalue weighted by atomic mass is 10.0. The van der Waals surface area contributed by atoms with E-state index in [1.54, 1.807) is 0 Å². The maximum Gasteiger partial charge on any atom is 0.216 e. The molecule has 0 aromatic heterocycles. The Morgan fingerprint density at radius 1 is 0.455 bits per heavy atom. The second-order valence-corrected chi connectivity index (χ2v) is 8.14. The van der Waals surface area contributed by atoms with Gasteiger partial charge in [0.1, 0.15) is 0 Å². The minimum atomic E-state index is -1.15. The number of unbranched alkanes of at least 4 members (excludes halogenated alkanes) is 17. The van der Waals surface area contributed by atoms with E-state index in [-0.39, 0.29) is 0 Å². The fraction of sp³-hybridized carbons (Fsp3) is 1.00. The quantitative estimate of drug-likeness (QED) is 0.131. The van der Waals surface area contributed by atoms with Gasteiger partial charge in [-0.25, -0.2) is 0 Å². The number of hydrogen-bond acceptors (Lipinski definition) is 0. The molecule has 0 aromatic carbocycles. The van der Waals surface area contributed by atoms with Crippen LogP contribution in [0.5, 0.6) is 0 Å². The van der Waals surface area contributed by atoms with Gasteiger partial charge in [0.15, 0.2) is 0 Å². The highest BCUT2D eigenvalue weighted by atomic mass is 28.3. The van der Waals surface area contributed by atoms with Gasteiger partial charge in [0.05, 0.1) is 0 Å². The number of halogens is 1. The maximum absolute atomic E-state index is 12.0. The third-order valence-corrected chi connectivity index (χ3v) is 5.50. The normalized spacial score (nSPS) is 11.7. The molecule has 0 heterocycles. The summed E-state index contributed by atoms with van der Waals surface area (Å²) in [6, 6.07) is 0.915. The highest BCUT2D eigenvalue weighted by molar-refractivity contribution is 6.25. The van der Waals surface area contributed by atoms with Crippen LogP contribution in [0, 0.1) is 0 Å². The van der Waals surface area contributed by atoms with Crippen LogP contribution in [0.15, 0.2) is 0 Å². The summed E-state index contributed by atoms with van der Waals surface area (Å²) in [5.41, 5.74) is 0. The molecule has 2 heteroatoms. The molecule has 0 nitrogen and oxygen atoms in total. The molecule has 0 N–H and O–H groups in total. The second kappa shape index (κ2) is 21.1. The zero-order valence-electron chi connectivity index (χ0n) is 15.5. The Balaban J connectivity index is 2.91. The zero-order chi connectivity index (χ0) is 16.1. The molecule has 0 aliphatic rings. The summed E-state index contributed by atoms with van der Waals surface area (Å²) in [7, 11) is -1.15. The maximum atomic E-state index is 12.0. The van der Waals surface area contributed by atoms with E-state index in [0.29, 0.717) is 0 Å². The van der Waals surface area contributed by atoms with Crippen molar-refractivity contribution in [1.29, 1.82) is 0 Å². The Hall–Kier alpha value is 0.147. The molecule has 0 unspecified atom stereocenters. The monoisotopic (exact) mass is 330 g/mol. The minimum absolute atomic E-state index is 0.915. The molecule has 0 aliphatic heterocycles. The molecule has 0 aromatic rings. The highest BCUT2D eigenvalue weighted by Gasteiger charge is 1.95. The molecule has 0 amide bonds. The molecule has 0 aliphatic carbocycles. The highest BCUT2D eigenvalue weighted by Crippen LogP contribution is 2.14. The van der Waals surface area contributed by atoms with Gasteiger partial charge in [-0.3, -0.25) is 0 Å². The average Bonchev–Trinajstić information content (AvgIpc) is 2.54. The minimum Gasteiger partial charge on any atom is -0.323 e. The van der Waals surface area contributed by atoms with E-state index in [0.717, 1.165) is 12.5 Å². The Labute approximate surface area is 143 Å². The molecule has 0 saturated heterocycles. The smallest absolute Gasteiger partial charge is 0.216 e. The Kier molecular flexibility index (Phi) is 21.3. The van der Waals surface area contributed by atoms with E-state index < -0.39 is 9.85 Å². The van der Waals surface area contributed by atoms with E-state index in [9.17, 15) is 4.11 Å². The van der Waals surface area contributed by atoms with Gasteiger partial charge in [0.2, 0.25) is 9.85 Å². The first kappa shape index (κ1) is 22.1. The summed E-state index contributed by atoms with van der Waals surface area (Å²) in [5.74, 6) is 0. The van der Waals surface area contributed by atoms with Gasteiger partial charge in [0.25, 0.3) is 0 Å². The summed E-state index contributed by atoms with van der Waals surface area (Å²) < 4.78 is 12.0. The molecule has 0 saturated carbocycles. The molecule has 0 spiro atoms. The molecule has 22 heavy (non-hydrogen) atoms. The summed E-state index contributed by atoms with van der Waals surface area (Å²) in [4.78, 5) is 0. The molecular weight excluding hydrogens is 287 g/mol. The topological polar surface area (TPSA) is 0 Å². The first-order valence-corrected chi connectivity index (χ1v) is 12.0. The van der Waals surface area contributed by atoms with Crippen molar-refractivity contribution >= 4 is 9.85 Å². The third-order valence-electron chi connectivity index (χ3n) is 4.74. The second-order valence-electron chi connectivity index (χ2n) is 7.05. The van der Waals surface area contributed by atoms with Crippen molar-refractivity contribution < 1.29 is 4.11 Å². The van der Waals surface area contributed by atoms with Crippen LogP contribution in [0.2, 0.25) is 6.04 Å². The van der Waals surface area contributed by atoms with Crippen molar-refractivity contribution in [3.63, 3.8) is 0 Å². The van der Waals surface area contributed by atoms with Gasteiger partial charge < -0.3 is 4.11 Å². The van der Waals surface area contributed by atoms with Crippen LogP contribution < -0.4 is 0 Å². The Morgan fingerprint density at radius 2 is 0.727 bits per heavy atom. The van der Waals surface area contributed by atoms with Gasteiger partial charge in [-0.2, -0.15) is 0 Å². The molecular formula is C20H43FSi. The van der Waals surface area contributed by atoms with Crippen molar-refractivity contribution in [2.45, 2.75) is 129 Å². The van der Waals surface area contributed by atoms with E-state index in [2.05, 4.69) is 6.92 Å². The standard InChI is InChI=1S/C20H43FSi/c1-2-3-4-5-6-7-8-9-10-11-12-13-14-15-16-17-18-19-20-22-21/h2-20,22H2,1H3. The fourth-order valence-electron chi connectivity index (χ4n) is 3.17. The van der Waals surface area contributed by atoms with E-state index in [1.807, 2.05) is 0 Å². The molecule has 0 bridgehead atoms. The number of hydrogen-bond donors (Lipinski definition) is 0. The van der Waals surface area contributed by atoms with Crippen LogP contribution in [-0.2, 0) is 0 Å². The first-order valence-electron chi connectivity index (χ1n) is 10.5. The van der Waals surface area contributed by atoms with Crippen LogP contribution in [0.4, 0.5) is 4.11 Å². The number of rotatable bonds is 19. The van der Waals surface area contributed by atoms with Crippen molar-refractivity contribution in [2.75, 3.05) is 0 Å². The third kappa shape index (κ3) is 20.1. The largest absolute Gasteiger partial charge is 0.323 e. The van der Waals surface area contributed by atoms with Gasteiger partial charge in [-0.15, -0.1) is 0 Å². The summed E-state index contributed by atoms with van der Waals surface area (Å²) in [5, 5.41) is 0. The van der Waals surface area contributed by atoms with Crippen LogP contribution >= 0.6 is 0 Å². The first-order chi connectivity index (χ1) is 10.9. The average molecular weight is 331 g/mol. The lowest BCUT2D eigenvalue weighted by molar-refractivity contribution is 0.526. The lowest BCUT2D eigenvalue weighted by Crippen LogP contribution is -1.84. The molecule has 0 rings (SSSR count). The van der Waals surface area contributed by atoms with Crippen molar-refractivity contribution in [3.05, 3.63) is 0 Å². The van der Waals surface area contributed by atoms with Crippen LogP contribution in [-0.4, -0.2) is 9.85 Å². The van der Waals surface area contributed by atoms with Crippen molar-refractivity contribution in [3.8, 4) is 0 Å². The van der Waals surface area contributed by atoms with Gasteiger partial charge >= 0.3 is 0 Å². The summed E-state index contributed by atoms with van der Waals surface area (Å²) >= 11 is 0. The molecule has 0 atom stereocenters. The SMILES string of the molecule is CCCCCCCCCCCCCCCCCCCC[SiH2]F. The van der Waals surface area contributed by atoms with E-state index in [1.165, 1.54) is 109 Å². The predicted octanol–water partition coefficient (Wildman–Crippen LogP) is 7.50. The lowest BCUT2D eigenvalue weighted by Gasteiger charge is -2.03. The van der Waals surface area contributed by atoms with Gasteiger partial charge in [0, 0.05) is 0 Å². The van der Waals surface area contributed by atoms with E-state index >= 15 is 0 Å². The summed E-state index contributed by atoms with van der Waals surface area (Å²) in [6.45, 7) is 2.29. The molecule has 0 fully saturated rings. The van der Waals surface area contributed by atoms with Crippen LogP contribution in [0.25, 0.3) is 0 Å². The van der Waals surface area contributed by atoms with Crippen molar-refractivity contribution in [2.24, 2.45) is 0 Å². The van der Waals surface area contributed by atoms with Crippen LogP contribution in [0.1, 0.15) is 122 Å². The Morgan fingerprint density at radius 3 is 1.00 bits per heavy atom.